The summed E-state index contributed by atoms with van der Waals surface area (Å²) in [4.78, 5) is 15.8. The number of benzene rings is 1. The molecule has 0 saturated carbocycles. The number of carbonyl (C=O) groups is 1. The van der Waals surface area contributed by atoms with Crippen molar-refractivity contribution in [1.82, 2.24) is 10.3 Å². The molecule has 2 rings (SSSR count). The summed E-state index contributed by atoms with van der Waals surface area (Å²) in [6.07, 6.45) is -4.91. The SMILES string of the molecule is Cc1nc(CC(=O)NC(c2ccc(F)cc2)C(F)(F)F)cs1. The number of hydrogen-bond acceptors (Lipinski definition) is 3. The molecule has 0 fully saturated rings. The zero-order valence-electron chi connectivity index (χ0n) is 11.4. The third kappa shape index (κ3) is 4.27. The first-order valence-corrected chi connectivity index (χ1v) is 7.16. The monoisotopic (exact) mass is 332 g/mol. The maximum Gasteiger partial charge on any atom is 0.412 e. The molecule has 1 aromatic carbocycles. The van der Waals surface area contributed by atoms with E-state index in [1.54, 1.807) is 12.3 Å². The summed E-state index contributed by atoms with van der Waals surface area (Å²) in [5.74, 6) is -1.44. The van der Waals surface area contributed by atoms with Crippen molar-refractivity contribution < 1.29 is 22.4 Å². The molecule has 0 radical (unpaired) electrons. The van der Waals surface area contributed by atoms with Crippen molar-refractivity contribution in [2.45, 2.75) is 25.6 Å². The number of alkyl halides is 3. The molecular formula is C14H12F4N2OS. The lowest BCUT2D eigenvalue weighted by Gasteiger charge is -2.22. The molecule has 1 amide bonds. The van der Waals surface area contributed by atoms with Gasteiger partial charge in [-0.2, -0.15) is 13.2 Å². The maximum atomic E-state index is 13.1. The van der Waals surface area contributed by atoms with Gasteiger partial charge in [0.15, 0.2) is 6.04 Å². The van der Waals surface area contributed by atoms with Crippen molar-refractivity contribution in [2.75, 3.05) is 0 Å². The van der Waals surface area contributed by atoms with E-state index >= 15 is 0 Å². The fourth-order valence-electron chi connectivity index (χ4n) is 1.88. The first-order chi connectivity index (χ1) is 10.3. The number of aromatic nitrogens is 1. The molecule has 22 heavy (non-hydrogen) atoms. The average molecular weight is 332 g/mol. The van der Waals surface area contributed by atoms with Gasteiger partial charge < -0.3 is 5.32 Å². The number of thiazole rings is 1. The van der Waals surface area contributed by atoms with Crippen molar-refractivity contribution in [1.29, 1.82) is 0 Å². The van der Waals surface area contributed by atoms with Crippen LogP contribution in [0, 0.1) is 12.7 Å². The smallest absolute Gasteiger partial charge is 0.340 e. The van der Waals surface area contributed by atoms with E-state index < -0.39 is 23.9 Å². The standard InChI is InChI=1S/C14H12F4N2OS/c1-8-19-11(7-22-8)6-12(21)20-13(14(16,17)18)9-2-4-10(15)5-3-9/h2-5,7,13H,6H2,1H3,(H,20,21). The number of aryl methyl sites for hydroxylation is 1. The maximum absolute atomic E-state index is 13.1. The second kappa shape index (κ2) is 6.43. The molecule has 0 aliphatic carbocycles. The summed E-state index contributed by atoms with van der Waals surface area (Å²) in [6, 6.07) is 1.66. The van der Waals surface area contributed by atoms with Gasteiger partial charge in [0.05, 0.1) is 17.1 Å². The number of amides is 1. The Bertz CT molecular complexity index is 652. The van der Waals surface area contributed by atoms with E-state index in [0.29, 0.717) is 5.69 Å². The Balaban J connectivity index is 2.13. The summed E-state index contributed by atoms with van der Waals surface area (Å²) >= 11 is 1.31. The zero-order valence-corrected chi connectivity index (χ0v) is 12.3. The third-order valence-corrected chi connectivity index (χ3v) is 3.67. The minimum Gasteiger partial charge on any atom is -0.340 e. The Morgan fingerprint density at radius 1 is 1.32 bits per heavy atom. The molecule has 0 aliphatic heterocycles. The Hall–Kier alpha value is -1.96. The van der Waals surface area contributed by atoms with Crippen LogP contribution in [0.25, 0.3) is 0 Å². The van der Waals surface area contributed by atoms with Crippen LogP contribution >= 0.6 is 11.3 Å². The van der Waals surface area contributed by atoms with Gasteiger partial charge in [0, 0.05) is 5.38 Å². The molecule has 1 atom stereocenters. The van der Waals surface area contributed by atoms with E-state index in [2.05, 4.69) is 4.98 Å². The van der Waals surface area contributed by atoms with Crippen LogP contribution in [0.5, 0.6) is 0 Å². The lowest BCUT2D eigenvalue weighted by Crippen LogP contribution is -2.38. The summed E-state index contributed by atoms with van der Waals surface area (Å²) in [7, 11) is 0. The van der Waals surface area contributed by atoms with Crippen LogP contribution in [0.2, 0.25) is 0 Å². The molecule has 0 spiro atoms. The van der Waals surface area contributed by atoms with Gasteiger partial charge in [-0.1, -0.05) is 12.1 Å². The Morgan fingerprint density at radius 2 is 1.95 bits per heavy atom. The number of nitrogens with one attached hydrogen (secondary N) is 1. The fourth-order valence-corrected chi connectivity index (χ4v) is 2.49. The molecular weight excluding hydrogens is 320 g/mol. The van der Waals surface area contributed by atoms with Crippen LogP contribution in [0.3, 0.4) is 0 Å². The minimum atomic E-state index is -4.68. The molecule has 1 aromatic heterocycles. The average Bonchev–Trinajstić information content (AvgIpc) is 2.81. The quantitative estimate of drug-likeness (QED) is 0.870. The van der Waals surface area contributed by atoms with Crippen LogP contribution < -0.4 is 5.32 Å². The molecule has 118 valence electrons. The van der Waals surface area contributed by atoms with E-state index in [1.807, 2.05) is 5.32 Å². The highest BCUT2D eigenvalue weighted by Crippen LogP contribution is 2.32. The molecule has 0 saturated heterocycles. The largest absolute Gasteiger partial charge is 0.412 e. The van der Waals surface area contributed by atoms with E-state index in [9.17, 15) is 22.4 Å². The highest BCUT2D eigenvalue weighted by molar-refractivity contribution is 7.09. The Labute approximate surface area is 128 Å². The number of rotatable bonds is 4. The lowest BCUT2D eigenvalue weighted by atomic mass is 10.1. The Kier molecular flexibility index (Phi) is 4.80. The molecule has 1 unspecified atom stereocenters. The minimum absolute atomic E-state index is 0.225. The van der Waals surface area contributed by atoms with Gasteiger partial charge >= 0.3 is 6.18 Å². The molecule has 1 heterocycles. The van der Waals surface area contributed by atoms with Crippen molar-refractivity contribution in [3.8, 4) is 0 Å². The normalized spacial score (nSPS) is 13.0. The van der Waals surface area contributed by atoms with Crippen LogP contribution in [-0.2, 0) is 11.2 Å². The third-order valence-electron chi connectivity index (χ3n) is 2.84. The van der Waals surface area contributed by atoms with E-state index in [1.165, 1.54) is 11.3 Å². The van der Waals surface area contributed by atoms with Crippen molar-refractivity contribution in [3.05, 3.63) is 51.7 Å². The van der Waals surface area contributed by atoms with Crippen molar-refractivity contribution >= 4 is 17.2 Å². The van der Waals surface area contributed by atoms with E-state index in [-0.39, 0.29) is 12.0 Å². The number of carbonyl (C=O) groups excluding carboxylic acids is 1. The summed E-state index contributed by atoms with van der Waals surface area (Å²) in [5.41, 5.74) is 0.191. The second-order valence-corrected chi connectivity index (χ2v) is 5.69. The Morgan fingerprint density at radius 3 is 2.45 bits per heavy atom. The van der Waals surface area contributed by atoms with Crippen LogP contribution in [-0.4, -0.2) is 17.1 Å². The topological polar surface area (TPSA) is 42.0 Å². The van der Waals surface area contributed by atoms with Gasteiger partial charge in [-0.3, -0.25) is 4.79 Å². The van der Waals surface area contributed by atoms with Crippen molar-refractivity contribution in [2.24, 2.45) is 0 Å². The molecule has 0 aliphatic rings. The predicted octanol–water partition coefficient (Wildman–Crippen LogP) is 3.55. The van der Waals surface area contributed by atoms with E-state index in [0.717, 1.165) is 29.3 Å². The van der Waals surface area contributed by atoms with Gasteiger partial charge in [-0.05, 0) is 24.6 Å². The summed E-state index contributed by atoms with van der Waals surface area (Å²) < 4.78 is 52.1. The van der Waals surface area contributed by atoms with Gasteiger partial charge in [0.25, 0.3) is 0 Å². The van der Waals surface area contributed by atoms with Gasteiger partial charge in [-0.15, -0.1) is 11.3 Å². The van der Waals surface area contributed by atoms with Crippen molar-refractivity contribution in [3.63, 3.8) is 0 Å². The predicted molar refractivity (Wildman–Crippen MR) is 73.9 cm³/mol. The van der Waals surface area contributed by atoms with Gasteiger partial charge in [-0.25, -0.2) is 9.37 Å². The summed E-state index contributed by atoms with van der Waals surface area (Å²) in [5, 5.41) is 4.28. The highest BCUT2D eigenvalue weighted by Gasteiger charge is 2.41. The fraction of sp³-hybridized carbons (Fsp3) is 0.286. The number of hydrogen-bond donors (Lipinski definition) is 1. The van der Waals surface area contributed by atoms with Crippen LogP contribution in [0.1, 0.15) is 22.3 Å². The zero-order chi connectivity index (χ0) is 16.3. The molecule has 3 nitrogen and oxygen atoms in total. The van der Waals surface area contributed by atoms with E-state index in [4.69, 9.17) is 0 Å². The number of halogens is 4. The van der Waals surface area contributed by atoms with Crippen LogP contribution in [0.4, 0.5) is 17.6 Å². The van der Waals surface area contributed by atoms with Gasteiger partial charge in [0.1, 0.15) is 5.82 Å². The molecule has 8 heteroatoms. The molecule has 1 N–H and O–H groups in total. The molecule has 0 bridgehead atoms. The lowest BCUT2D eigenvalue weighted by molar-refractivity contribution is -0.163. The second-order valence-electron chi connectivity index (χ2n) is 4.63. The van der Waals surface area contributed by atoms with Crippen LogP contribution in [0.15, 0.2) is 29.6 Å². The highest BCUT2D eigenvalue weighted by atomic mass is 32.1. The van der Waals surface area contributed by atoms with Gasteiger partial charge in [0.2, 0.25) is 5.91 Å². The summed E-state index contributed by atoms with van der Waals surface area (Å²) in [6.45, 7) is 1.74. The molecule has 2 aromatic rings. The first kappa shape index (κ1) is 16.4. The number of nitrogens with zero attached hydrogens (tertiary/aromatic N) is 1. The first-order valence-electron chi connectivity index (χ1n) is 6.28.